The molecule has 0 saturated heterocycles. The van der Waals surface area contributed by atoms with Crippen LogP contribution in [0, 0.1) is 6.92 Å². The van der Waals surface area contributed by atoms with E-state index in [0.717, 1.165) is 17.7 Å². The first-order chi connectivity index (χ1) is 8.10. The highest BCUT2D eigenvalue weighted by molar-refractivity contribution is 7.80. The van der Waals surface area contributed by atoms with E-state index < -0.39 is 0 Å². The molecule has 0 amide bonds. The Hall–Kier alpha value is -1.09. The molecule has 1 rings (SSSR count). The molecule has 0 heterocycles. The van der Waals surface area contributed by atoms with E-state index in [-0.39, 0.29) is 0 Å². The van der Waals surface area contributed by atoms with Gasteiger partial charge >= 0.3 is 0 Å². The molecule has 1 aromatic carbocycles. The number of nitrogens with two attached hydrogens (primary N) is 1. The topological polar surface area (TPSA) is 38.0 Å². The summed E-state index contributed by atoms with van der Waals surface area (Å²) in [5.74, 6) is 0. The first-order valence-electron chi connectivity index (χ1n) is 6.26. The second kappa shape index (κ2) is 6.60. The number of hydrogen-bond acceptors (Lipinski definition) is 2. The maximum atomic E-state index is 5.77. The highest BCUT2D eigenvalue weighted by atomic mass is 32.1. The molecule has 0 aromatic heterocycles. The second-order valence-corrected chi connectivity index (χ2v) is 4.84. The van der Waals surface area contributed by atoms with Gasteiger partial charge in [-0.1, -0.05) is 44.6 Å². The molecule has 0 spiro atoms. The van der Waals surface area contributed by atoms with Gasteiger partial charge in [-0.05, 0) is 31.4 Å². The van der Waals surface area contributed by atoms with Crippen molar-refractivity contribution in [3.8, 4) is 0 Å². The average molecular weight is 250 g/mol. The van der Waals surface area contributed by atoms with E-state index in [1.165, 1.54) is 18.4 Å². The lowest BCUT2D eigenvalue weighted by atomic mass is 10.0. The van der Waals surface area contributed by atoms with E-state index >= 15 is 0 Å². The minimum Gasteiger partial charge on any atom is -0.389 e. The first kappa shape index (κ1) is 14.0. The molecule has 0 radical (unpaired) electrons. The standard InChI is InChI=1S/C14H22N2S/c1-4-7-11(5-2)16-13-10(3)8-6-9-12(13)14(15)17/h6,8-9,11,16H,4-5,7H2,1-3H3,(H2,15,17). The zero-order valence-corrected chi connectivity index (χ0v) is 11.7. The molecule has 0 saturated carbocycles. The average Bonchev–Trinajstić information content (AvgIpc) is 2.30. The predicted molar refractivity (Wildman–Crippen MR) is 79.7 cm³/mol. The third-order valence-corrected chi connectivity index (χ3v) is 3.24. The molecule has 94 valence electrons. The van der Waals surface area contributed by atoms with Gasteiger partial charge in [-0.3, -0.25) is 0 Å². The van der Waals surface area contributed by atoms with Gasteiger partial charge in [-0.25, -0.2) is 0 Å². The van der Waals surface area contributed by atoms with Gasteiger partial charge in [-0.2, -0.15) is 0 Å². The van der Waals surface area contributed by atoms with Crippen molar-refractivity contribution >= 4 is 22.9 Å². The molecule has 1 unspecified atom stereocenters. The zero-order chi connectivity index (χ0) is 12.8. The van der Waals surface area contributed by atoms with Crippen LogP contribution in [0.4, 0.5) is 5.69 Å². The summed E-state index contributed by atoms with van der Waals surface area (Å²) in [6, 6.07) is 6.56. The number of para-hydroxylation sites is 1. The van der Waals surface area contributed by atoms with Gasteiger partial charge in [-0.15, -0.1) is 0 Å². The highest BCUT2D eigenvalue weighted by Gasteiger charge is 2.11. The molecule has 0 fully saturated rings. The molecule has 1 aromatic rings. The monoisotopic (exact) mass is 250 g/mol. The Balaban J connectivity index is 2.99. The minimum atomic E-state index is 0.461. The minimum absolute atomic E-state index is 0.461. The number of anilines is 1. The fourth-order valence-corrected chi connectivity index (χ4v) is 2.17. The molecule has 0 aliphatic heterocycles. The fraction of sp³-hybridized carbons (Fsp3) is 0.500. The second-order valence-electron chi connectivity index (χ2n) is 4.40. The molecule has 0 bridgehead atoms. The molecule has 1 atom stereocenters. The Bertz CT molecular complexity index is 388. The summed E-state index contributed by atoms with van der Waals surface area (Å²) in [7, 11) is 0. The van der Waals surface area contributed by atoms with Crippen molar-refractivity contribution in [1.82, 2.24) is 0 Å². The van der Waals surface area contributed by atoms with Crippen LogP contribution in [0.1, 0.15) is 44.2 Å². The van der Waals surface area contributed by atoms with Crippen molar-refractivity contribution in [2.45, 2.75) is 46.1 Å². The SMILES string of the molecule is CCCC(CC)Nc1c(C)cccc1C(N)=S. The number of aryl methyl sites for hydroxylation is 1. The largest absolute Gasteiger partial charge is 0.389 e. The number of rotatable bonds is 6. The highest BCUT2D eigenvalue weighted by Crippen LogP contribution is 2.23. The molecule has 17 heavy (non-hydrogen) atoms. The number of thiocarbonyl (C=S) groups is 1. The summed E-state index contributed by atoms with van der Waals surface area (Å²) in [4.78, 5) is 0.461. The maximum Gasteiger partial charge on any atom is 0.106 e. The summed E-state index contributed by atoms with van der Waals surface area (Å²) in [6.45, 7) is 6.49. The van der Waals surface area contributed by atoms with Crippen LogP contribution in [-0.2, 0) is 0 Å². The normalized spacial score (nSPS) is 12.2. The number of nitrogens with one attached hydrogen (secondary N) is 1. The Morgan fingerprint density at radius 2 is 2.12 bits per heavy atom. The van der Waals surface area contributed by atoms with Gasteiger partial charge in [0.2, 0.25) is 0 Å². The summed E-state index contributed by atoms with van der Waals surface area (Å²) < 4.78 is 0. The summed E-state index contributed by atoms with van der Waals surface area (Å²) >= 11 is 5.10. The summed E-state index contributed by atoms with van der Waals surface area (Å²) in [6.07, 6.45) is 3.46. The summed E-state index contributed by atoms with van der Waals surface area (Å²) in [5, 5.41) is 3.58. The maximum absolute atomic E-state index is 5.77. The lowest BCUT2D eigenvalue weighted by molar-refractivity contribution is 0.622. The fourth-order valence-electron chi connectivity index (χ4n) is 2.00. The van der Waals surface area contributed by atoms with E-state index in [1.54, 1.807) is 0 Å². The Morgan fingerprint density at radius 3 is 2.65 bits per heavy atom. The van der Waals surface area contributed by atoms with Crippen LogP contribution in [-0.4, -0.2) is 11.0 Å². The van der Waals surface area contributed by atoms with Crippen LogP contribution in [0.5, 0.6) is 0 Å². The van der Waals surface area contributed by atoms with Crippen LogP contribution in [0.2, 0.25) is 0 Å². The molecule has 2 nitrogen and oxygen atoms in total. The molecule has 0 aliphatic carbocycles. The molecule has 0 aliphatic rings. The predicted octanol–water partition coefficient (Wildman–Crippen LogP) is 3.62. The van der Waals surface area contributed by atoms with Crippen molar-refractivity contribution in [1.29, 1.82) is 0 Å². The Labute approximate surface area is 110 Å². The zero-order valence-electron chi connectivity index (χ0n) is 10.9. The van der Waals surface area contributed by atoms with Crippen LogP contribution >= 0.6 is 12.2 Å². The lowest BCUT2D eigenvalue weighted by Gasteiger charge is -2.21. The van der Waals surface area contributed by atoms with Crippen LogP contribution in [0.25, 0.3) is 0 Å². The van der Waals surface area contributed by atoms with Crippen molar-refractivity contribution in [2.24, 2.45) is 5.73 Å². The van der Waals surface area contributed by atoms with Gasteiger partial charge in [0.05, 0.1) is 0 Å². The van der Waals surface area contributed by atoms with E-state index in [2.05, 4.69) is 32.2 Å². The lowest BCUT2D eigenvalue weighted by Crippen LogP contribution is -2.22. The summed E-state index contributed by atoms with van der Waals surface area (Å²) in [5.41, 5.74) is 9.02. The molecule has 3 N–H and O–H groups in total. The Kier molecular flexibility index (Phi) is 5.42. The van der Waals surface area contributed by atoms with Gasteiger partial charge in [0.15, 0.2) is 0 Å². The van der Waals surface area contributed by atoms with Crippen molar-refractivity contribution in [3.63, 3.8) is 0 Å². The molecular weight excluding hydrogens is 228 g/mol. The van der Waals surface area contributed by atoms with E-state index in [1.807, 2.05) is 12.1 Å². The van der Waals surface area contributed by atoms with Crippen molar-refractivity contribution in [3.05, 3.63) is 29.3 Å². The van der Waals surface area contributed by atoms with Crippen LogP contribution in [0.15, 0.2) is 18.2 Å². The van der Waals surface area contributed by atoms with Crippen LogP contribution < -0.4 is 11.1 Å². The van der Waals surface area contributed by atoms with Crippen LogP contribution in [0.3, 0.4) is 0 Å². The third-order valence-electron chi connectivity index (χ3n) is 3.02. The smallest absolute Gasteiger partial charge is 0.106 e. The van der Waals surface area contributed by atoms with E-state index in [4.69, 9.17) is 18.0 Å². The molecule has 3 heteroatoms. The van der Waals surface area contributed by atoms with Gasteiger partial charge in [0.1, 0.15) is 4.99 Å². The van der Waals surface area contributed by atoms with E-state index in [0.29, 0.717) is 11.0 Å². The first-order valence-corrected chi connectivity index (χ1v) is 6.66. The van der Waals surface area contributed by atoms with Gasteiger partial charge < -0.3 is 11.1 Å². The number of benzene rings is 1. The third kappa shape index (κ3) is 3.70. The number of hydrogen-bond donors (Lipinski definition) is 2. The molecular formula is C14H22N2S. The van der Waals surface area contributed by atoms with Crippen molar-refractivity contribution < 1.29 is 0 Å². The van der Waals surface area contributed by atoms with E-state index in [9.17, 15) is 0 Å². The van der Waals surface area contributed by atoms with Gasteiger partial charge in [0.25, 0.3) is 0 Å². The van der Waals surface area contributed by atoms with Crippen molar-refractivity contribution in [2.75, 3.05) is 5.32 Å². The van der Waals surface area contributed by atoms with Gasteiger partial charge in [0, 0.05) is 17.3 Å². The quantitative estimate of drug-likeness (QED) is 0.757. The Morgan fingerprint density at radius 1 is 1.41 bits per heavy atom.